The van der Waals surface area contributed by atoms with E-state index >= 15 is 0 Å². The minimum Gasteiger partial charge on any atom is -0.372 e. The molecule has 0 aliphatic carbocycles. The van der Waals surface area contributed by atoms with Crippen molar-refractivity contribution in [1.29, 1.82) is 0 Å². The molecule has 0 aromatic heterocycles. The first-order chi connectivity index (χ1) is 7.40. The van der Waals surface area contributed by atoms with Crippen molar-refractivity contribution in [3.63, 3.8) is 0 Å². The maximum Gasteiger partial charge on any atom is 0.0949 e. The summed E-state index contributed by atoms with van der Waals surface area (Å²) in [5.41, 5.74) is 1.28. The predicted octanol–water partition coefficient (Wildman–Crippen LogP) is 2.52. The molecule has 0 saturated carbocycles. The summed E-state index contributed by atoms with van der Waals surface area (Å²) in [6.45, 7) is 4.02. The van der Waals surface area contributed by atoms with E-state index in [0.717, 1.165) is 19.6 Å². The SMILES string of the molecule is CCC1CCOC(c2ccccc2)CN1. The van der Waals surface area contributed by atoms with Crippen molar-refractivity contribution >= 4 is 0 Å². The van der Waals surface area contributed by atoms with Crippen molar-refractivity contribution in [3.05, 3.63) is 35.9 Å². The molecule has 2 heteroatoms. The van der Waals surface area contributed by atoms with Gasteiger partial charge in [-0.2, -0.15) is 0 Å². The third-order valence-electron chi connectivity index (χ3n) is 3.04. The van der Waals surface area contributed by atoms with E-state index in [4.69, 9.17) is 4.74 Å². The molecule has 2 unspecified atom stereocenters. The van der Waals surface area contributed by atoms with Gasteiger partial charge >= 0.3 is 0 Å². The summed E-state index contributed by atoms with van der Waals surface area (Å²) in [5.74, 6) is 0. The van der Waals surface area contributed by atoms with Crippen LogP contribution in [0.2, 0.25) is 0 Å². The number of hydrogen-bond donors (Lipinski definition) is 1. The van der Waals surface area contributed by atoms with Gasteiger partial charge in [0.05, 0.1) is 6.10 Å². The van der Waals surface area contributed by atoms with Gasteiger partial charge in [-0.15, -0.1) is 0 Å². The molecule has 1 aliphatic rings. The minimum atomic E-state index is 0.225. The molecule has 2 rings (SSSR count). The van der Waals surface area contributed by atoms with Crippen molar-refractivity contribution in [2.24, 2.45) is 0 Å². The van der Waals surface area contributed by atoms with Gasteiger partial charge in [-0.05, 0) is 18.4 Å². The third kappa shape index (κ3) is 2.80. The molecule has 1 N–H and O–H groups in total. The Hall–Kier alpha value is -0.860. The summed E-state index contributed by atoms with van der Waals surface area (Å²) in [6, 6.07) is 11.1. The molecule has 0 spiro atoms. The fourth-order valence-electron chi connectivity index (χ4n) is 2.02. The van der Waals surface area contributed by atoms with Gasteiger partial charge in [0.15, 0.2) is 0 Å². The molecule has 0 bridgehead atoms. The Bertz CT molecular complexity index is 286. The number of rotatable bonds is 2. The van der Waals surface area contributed by atoms with Crippen LogP contribution in [0.1, 0.15) is 31.4 Å². The maximum absolute atomic E-state index is 5.86. The van der Waals surface area contributed by atoms with Crippen molar-refractivity contribution in [3.8, 4) is 0 Å². The second-order valence-electron chi connectivity index (χ2n) is 4.07. The van der Waals surface area contributed by atoms with E-state index < -0.39 is 0 Å². The van der Waals surface area contributed by atoms with Gasteiger partial charge in [0.2, 0.25) is 0 Å². The number of benzene rings is 1. The van der Waals surface area contributed by atoms with E-state index in [-0.39, 0.29) is 6.10 Å². The lowest BCUT2D eigenvalue weighted by atomic mass is 10.1. The van der Waals surface area contributed by atoms with E-state index in [1.165, 1.54) is 12.0 Å². The second kappa shape index (κ2) is 5.29. The largest absolute Gasteiger partial charge is 0.372 e. The highest BCUT2D eigenvalue weighted by Crippen LogP contribution is 2.19. The molecule has 1 aliphatic heterocycles. The van der Waals surface area contributed by atoms with Crippen LogP contribution in [0.3, 0.4) is 0 Å². The van der Waals surface area contributed by atoms with Gasteiger partial charge in [-0.25, -0.2) is 0 Å². The van der Waals surface area contributed by atoms with Crippen LogP contribution in [0.15, 0.2) is 30.3 Å². The minimum absolute atomic E-state index is 0.225. The first-order valence-corrected chi connectivity index (χ1v) is 5.80. The summed E-state index contributed by atoms with van der Waals surface area (Å²) in [7, 11) is 0. The van der Waals surface area contributed by atoms with Crippen LogP contribution in [0.25, 0.3) is 0 Å². The highest BCUT2D eigenvalue weighted by molar-refractivity contribution is 5.18. The van der Waals surface area contributed by atoms with Crippen LogP contribution in [-0.4, -0.2) is 19.2 Å². The zero-order valence-corrected chi connectivity index (χ0v) is 9.28. The topological polar surface area (TPSA) is 21.3 Å². The molecule has 1 heterocycles. The van der Waals surface area contributed by atoms with Crippen LogP contribution in [0, 0.1) is 0 Å². The molecule has 0 radical (unpaired) electrons. The highest BCUT2D eigenvalue weighted by atomic mass is 16.5. The molecule has 2 atom stereocenters. The standard InChI is InChI=1S/C13H19NO/c1-2-12-8-9-15-13(10-14-12)11-6-4-3-5-7-11/h3-7,12-14H,2,8-10H2,1H3. The quantitative estimate of drug-likeness (QED) is 0.801. The Labute approximate surface area is 91.6 Å². The third-order valence-corrected chi connectivity index (χ3v) is 3.04. The Kier molecular flexibility index (Phi) is 3.75. The normalized spacial score (nSPS) is 27.3. The fraction of sp³-hybridized carbons (Fsp3) is 0.538. The van der Waals surface area contributed by atoms with Gasteiger partial charge in [0.25, 0.3) is 0 Å². The van der Waals surface area contributed by atoms with Crippen molar-refractivity contribution in [1.82, 2.24) is 5.32 Å². The summed E-state index contributed by atoms with van der Waals surface area (Å²) in [6.07, 6.45) is 2.53. The monoisotopic (exact) mass is 205 g/mol. The molecule has 1 fully saturated rings. The van der Waals surface area contributed by atoms with Crippen molar-refractivity contribution in [2.45, 2.75) is 31.9 Å². The zero-order chi connectivity index (χ0) is 10.5. The molecule has 1 aromatic carbocycles. The van der Waals surface area contributed by atoms with E-state index in [9.17, 15) is 0 Å². The van der Waals surface area contributed by atoms with Crippen LogP contribution in [-0.2, 0) is 4.74 Å². The lowest BCUT2D eigenvalue weighted by molar-refractivity contribution is 0.0663. The van der Waals surface area contributed by atoms with Gasteiger partial charge < -0.3 is 10.1 Å². The van der Waals surface area contributed by atoms with Gasteiger partial charge in [-0.1, -0.05) is 37.3 Å². The van der Waals surface area contributed by atoms with E-state index in [1.54, 1.807) is 0 Å². The number of ether oxygens (including phenoxy) is 1. The summed E-state index contributed by atoms with van der Waals surface area (Å²) in [5, 5.41) is 3.55. The number of nitrogens with one attached hydrogen (secondary N) is 1. The first kappa shape index (κ1) is 10.7. The van der Waals surface area contributed by atoms with Crippen molar-refractivity contribution in [2.75, 3.05) is 13.2 Å². The summed E-state index contributed by atoms with van der Waals surface area (Å²) in [4.78, 5) is 0. The zero-order valence-electron chi connectivity index (χ0n) is 9.28. The molecule has 82 valence electrons. The van der Waals surface area contributed by atoms with Crippen LogP contribution >= 0.6 is 0 Å². The molecule has 1 saturated heterocycles. The Balaban J connectivity index is 2.00. The van der Waals surface area contributed by atoms with Gasteiger partial charge in [0, 0.05) is 19.2 Å². The molecule has 2 nitrogen and oxygen atoms in total. The van der Waals surface area contributed by atoms with E-state index in [2.05, 4.69) is 36.5 Å². The second-order valence-corrected chi connectivity index (χ2v) is 4.07. The highest BCUT2D eigenvalue weighted by Gasteiger charge is 2.18. The Morgan fingerprint density at radius 3 is 2.87 bits per heavy atom. The molecule has 1 aromatic rings. The van der Waals surface area contributed by atoms with Gasteiger partial charge in [0.1, 0.15) is 0 Å². The number of hydrogen-bond acceptors (Lipinski definition) is 2. The maximum atomic E-state index is 5.86. The summed E-state index contributed by atoms with van der Waals surface area (Å²) < 4.78 is 5.86. The Morgan fingerprint density at radius 1 is 1.33 bits per heavy atom. The van der Waals surface area contributed by atoms with Gasteiger partial charge in [-0.3, -0.25) is 0 Å². The predicted molar refractivity (Wildman–Crippen MR) is 61.8 cm³/mol. The van der Waals surface area contributed by atoms with E-state index in [1.807, 2.05) is 6.07 Å². The molecular formula is C13H19NO. The van der Waals surface area contributed by atoms with Crippen LogP contribution in [0.5, 0.6) is 0 Å². The smallest absolute Gasteiger partial charge is 0.0949 e. The lowest BCUT2D eigenvalue weighted by Gasteiger charge is -2.16. The van der Waals surface area contributed by atoms with E-state index in [0.29, 0.717) is 6.04 Å². The summed E-state index contributed by atoms with van der Waals surface area (Å²) >= 11 is 0. The van der Waals surface area contributed by atoms with Crippen LogP contribution < -0.4 is 5.32 Å². The molecular weight excluding hydrogens is 186 g/mol. The van der Waals surface area contributed by atoms with Crippen molar-refractivity contribution < 1.29 is 4.74 Å². The molecule has 15 heavy (non-hydrogen) atoms. The average molecular weight is 205 g/mol. The van der Waals surface area contributed by atoms with Crippen LogP contribution in [0.4, 0.5) is 0 Å². The molecule has 0 amide bonds. The Morgan fingerprint density at radius 2 is 2.13 bits per heavy atom. The first-order valence-electron chi connectivity index (χ1n) is 5.80. The average Bonchev–Trinajstić information content (AvgIpc) is 2.55. The fourth-order valence-corrected chi connectivity index (χ4v) is 2.02. The lowest BCUT2D eigenvalue weighted by Crippen LogP contribution is -2.29.